The predicted octanol–water partition coefficient (Wildman–Crippen LogP) is 3.14. The SMILES string of the molecule is CC[C@@H](Nc1nc(Nc2cc(Cl)c3c(cnn3C)c2)c(C(N)=O)cc1F)[C@H](C)N. The Bertz CT molecular complexity index is 1070. The molecule has 0 saturated heterocycles. The predicted molar refractivity (Wildman–Crippen MR) is 113 cm³/mol. The van der Waals surface area contributed by atoms with Crippen molar-refractivity contribution in [3.05, 3.63) is 40.8 Å². The van der Waals surface area contributed by atoms with Gasteiger partial charge in [-0.15, -0.1) is 0 Å². The first-order chi connectivity index (χ1) is 13.7. The first kappa shape index (κ1) is 20.8. The number of aryl methyl sites for hydroxylation is 1. The maximum Gasteiger partial charge on any atom is 0.252 e. The van der Waals surface area contributed by atoms with Gasteiger partial charge in [0.05, 0.1) is 22.3 Å². The quantitative estimate of drug-likeness (QED) is 0.466. The minimum atomic E-state index is -0.807. The number of carbonyl (C=O) groups is 1. The molecule has 0 bridgehead atoms. The van der Waals surface area contributed by atoms with Crippen molar-refractivity contribution in [1.29, 1.82) is 0 Å². The maximum absolute atomic E-state index is 14.5. The molecule has 0 radical (unpaired) electrons. The fourth-order valence-corrected chi connectivity index (χ4v) is 3.48. The molecule has 154 valence electrons. The largest absolute Gasteiger partial charge is 0.365 e. The van der Waals surface area contributed by atoms with Crippen molar-refractivity contribution in [3.8, 4) is 0 Å². The molecular formula is C19H23ClFN7O. The van der Waals surface area contributed by atoms with E-state index < -0.39 is 11.7 Å². The number of anilines is 3. The van der Waals surface area contributed by atoms with Crippen molar-refractivity contribution in [1.82, 2.24) is 14.8 Å². The summed E-state index contributed by atoms with van der Waals surface area (Å²) in [5, 5.41) is 11.4. The Morgan fingerprint density at radius 2 is 2.07 bits per heavy atom. The Hall–Kier alpha value is -2.91. The van der Waals surface area contributed by atoms with E-state index >= 15 is 0 Å². The average molecular weight is 420 g/mol. The third kappa shape index (κ3) is 4.25. The number of rotatable bonds is 7. The van der Waals surface area contributed by atoms with Gasteiger partial charge in [0, 0.05) is 30.2 Å². The summed E-state index contributed by atoms with van der Waals surface area (Å²) in [5.41, 5.74) is 12.6. The van der Waals surface area contributed by atoms with Crippen LogP contribution in [0.4, 0.5) is 21.7 Å². The van der Waals surface area contributed by atoms with Gasteiger partial charge in [0.25, 0.3) is 5.91 Å². The van der Waals surface area contributed by atoms with Crippen LogP contribution < -0.4 is 22.1 Å². The number of carbonyl (C=O) groups excluding carboxylic acids is 1. The third-order valence-corrected chi connectivity index (χ3v) is 4.98. The number of hydrogen-bond acceptors (Lipinski definition) is 6. The van der Waals surface area contributed by atoms with Crippen molar-refractivity contribution in [2.45, 2.75) is 32.4 Å². The molecule has 10 heteroatoms. The summed E-state index contributed by atoms with van der Waals surface area (Å²) in [6, 6.07) is 4.11. The fraction of sp³-hybridized carbons (Fsp3) is 0.316. The molecule has 2 atom stereocenters. The molecule has 0 fully saturated rings. The van der Waals surface area contributed by atoms with E-state index in [1.54, 1.807) is 30.1 Å². The fourth-order valence-electron chi connectivity index (χ4n) is 3.13. The van der Waals surface area contributed by atoms with Crippen LogP contribution in [0.1, 0.15) is 30.6 Å². The second-order valence-corrected chi connectivity index (χ2v) is 7.29. The minimum absolute atomic E-state index is 0.0183. The highest BCUT2D eigenvalue weighted by Gasteiger charge is 2.20. The summed E-state index contributed by atoms with van der Waals surface area (Å²) in [4.78, 5) is 16.1. The van der Waals surface area contributed by atoms with Crippen molar-refractivity contribution >= 4 is 45.7 Å². The summed E-state index contributed by atoms with van der Waals surface area (Å²) >= 11 is 6.36. The number of primary amides is 1. The van der Waals surface area contributed by atoms with Gasteiger partial charge >= 0.3 is 0 Å². The Labute approximate surface area is 172 Å². The molecule has 6 N–H and O–H groups in total. The molecule has 8 nitrogen and oxygen atoms in total. The highest BCUT2D eigenvalue weighted by atomic mass is 35.5. The standard InChI is InChI=1S/C19H23ClFN7O/c1-4-15(9(2)22)26-19-14(21)7-12(17(23)29)18(27-19)25-11-5-10-8-24-28(3)16(10)13(20)6-11/h5-9,15H,4,22H2,1-3H3,(H2,23,29)(H2,25,26,27)/t9-,15+/m0/s1. The van der Waals surface area contributed by atoms with Crippen LogP contribution in [0.15, 0.2) is 24.4 Å². The second kappa shape index (κ2) is 8.22. The average Bonchev–Trinajstić information content (AvgIpc) is 3.02. The molecule has 3 rings (SSSR count). The summed E-state index contributed by atoms with van der Waals surface area (Å²) in [7, 11) is 1.79. The first-order valence-corrected chi connectivity index (χ1v) is 9.49. The van der Waals surface area contributed by atoms with Gasteiger partial charge in [0.15, 0.2) is 11.6 Å². The zero-order chi connectivity index (χ0) is 21.3. The Morgan fingerprint density at radius 1 is 1.34 bits per heavy atom. The van der Waals surface area contributed by atoms with Crippen molar-refractivity contribution in [3.63, 3.8) is 0 Å². The number of halogens is 2. The Kier molecular flexibility index (Phi) is 5.90. The number of hydrogen-bond donors (Lipinski definition) is 4. The van der Waals surface area contributed by atoms with E-state index in [9.17, 15) is 9.18 Å². The van der Waals surface area contributed by atoms with E-state index in [-0.39, 0.29) is 29.3 Å². The zero-order valence-corrected chi connectivity index (χ0v) is 17.1. The molecule has 0 saturated carbocycles. The van der Waals surface area contributed by atoms with Gasteiger partial charge < -0.3 is 22.1 Å². The zero-order valence-electron chi connectivity index (χ0n) is 16.3. The van der Waals surface area contributed by atoms with Crippen LogP contribution >= 0.6 is 11.6 Å². The topological polar surface area (TPSA) is 124 Å². The summed E-state index contributed by atoms with van der Waals surface area (Å²) in [5.74, 6) is -1.40. The lowest BCUT2D eigenvalue weighted by molar-refractivity contribution is 0.100. The van der Waals surface area contributed by atoms with Crippen molar-refractivity contribution in [2.24, 2.45) is 18.5 Å². The number of nitrogens with two attached hydrogens (primary N) is 2. The Morgan fingerprint density at radius 3 is 2.69 bits per heavy atom. The van der Waals surface area contributed by atoms with Crippen LogP contribution in [0.25, 0.3) is 10.9 Å². The van der Waals surface area contributed by atoms with Crippen LogP contribution in [0.5, 0.6) is 0 Å². The van der Waals surface area contributed by atoms with Gasteiger partial charge in [-0.1, -0.05) is 18.5 Å². The third-order valence-electron chi connectivity index (χ3n) is 4.69. The van der Waals surface area contributed by atoms with Crippen LogP contribution in [0.2, 0.25) is 5.02 Å². The number of pyridine rings is 1. The number of benzene rings is 1. The van der Waals surface area contributed by atoms with Crippen LogP contribution in [0, 0.1) is 5.82 Å². The molecule has 0 unspecified atom stereocenters. The highest BCUT2D eigenvalue weighted by molar-refractivity contribution is 6.35. The molecule has 29 heavy (non-hydrogen) atoms. The molecule has 2 aromatic heterocycles. The molecule has 2 heterocycles. The lowest BCUT2D eigenvalue weighted by atomic mass is 10.1. The number of nitrogens with zero attached hydrogens (tertiary/aromatic N) is 3. The van der Waals surface area contributed by atoms with Gasteiger partial charge in [-0.05, 0) is 31.5 Å². The highest BCUT2D eigenvalue weighted by Crippen LogP contribution is 2.30. The molecule has 3 aromatic rings. The first-order valence-electron chi connectivity index (χ1n) is 9.12. The number of nitrogens with one attached hydrogen (secondary N) is 2. The van der Waals surface area contributed by atoms with E-state index in [1.807, 2.05) is 13.8 Å². The Balaban J connectivity index is 2.03. The number of fused-ring (bicyclic) bond motifs is 1. The molecular weight excluding hydrogens is 397 g/mol. The van der Waals surface area contributed by atoms with Gasteiger partial charge in [-0.2, -0.15) is 5.10 Å². The number of amides is 1. The molecule has 0 aliphatic rings. The minimum Gasteiger partial charge on any atom is -0.365 e. The van der Waals surface area contributed by atoms with Gasteiger partial charge in [-0.3, -0.25) is 9.48 Å². The second-order valence-electron chi connectivity index (χ2n) is 6.89. The monoisotopic (exact) mass is 419 g/mol. The van der Waals surface area contributed by atoms with Gasteiger partial charge in [-0.25, -0.2) is 9.37 Å². The normalized spacial score (nSPS) is 13.3. The summed E-state index contributed by atoms with van der Waals surface area (Å²) in [6.07, 6.45) is 2.34. The molecule has 1 aromatic carbocycles. The lowest BCUT2D eigenvalue weighted by Gasteiger charge is -2.22. The molecule has 0 spiro atoms. The van der Waals surface area contributed by atoms with Crippen LogP contribution in [0.3, 0.4) is 0 Å². The van der Waals surface area contributed by atoms with E-state index in [0.717, 1.165) is 17.0 Å². The maximum atomic E-state index is 14.5. The van der Waals surface area contributed by atoms with E-state index in [4.69, 9.17) is 23.1 Å². The van der Waals surface area contributed by atoms with Gasteiger partial charge in [0.1, 0.15) is 5.82 Å². The van der Waals surface area contributed by atoms with Crippen molar-refractivity contribution < 1.29 is 9.18 Å². The van der Waals surface area contributed by atoms with E-state index in [0.29, 0.717) is 17.1 Å². The lowest BCUT2D eigenvalue weighted by Crippen LogP contribution is -2.38. The van der Waals surface area contributed by atoms with Gasteiger partial charge in [0.2, 0.25) is 0 Å². The van der Waals surface area contributed by atoms with Crippen molar-refractivity contribution in [2.75, 3.05) is 10.6 Å². The molecule has 0 aliphatic heterocycles. The summed E-state index contributed by atoms with van der Waals surface area (Å²) < 4.78 is 16.2. The van der Waals surface area contributed by atoms with Crippen LogP contribution in [-0.4, -0.2) is 32.8 Å². The van der Waals surface area contributed by atoms with E-state index in [1.165, 1.54) is 0 Å². The van der Waals surface area contributed by atoms with E-state index in [2.05, 4.69) is 20.7 Å². The molecule has 0 aliphatic carbocycles. The molecule has 1 amide bonds. The van der Waals surface area contributed by atoms with Crippen LogP contribution in [-0.2, 0) is 7.05 Å². The smallest absolute Gasteiger partial charge is 0.252 e. The number of aromatic nitrogens is 3. The summed E-state index contributed by atoms with van der Waals surface area (Å²) in [6.45, 7) is 3.75.